The Balaban J connectivity index is 2.05. The van der Waals surface area contributed by atoms with Crippen molar-refractivity contribution in [1.82, 2.24) is 4.90 Å². The van der Waals surface area contributed by atoms with Gasteiger partial charge >= 0.3 is 6.18 Å². The number of amides is 1. The average Bonchev–Trinajstić information content (AvgIpc) is 2.46. The molecule has 1 aromatic carbocycles. The zero-order valence-electron chi connectivity index (χ0n) is 12.6. The third-order valence-corrected chi connectivity index (χ3v) is 4.31. The number of carbonyl (C=O) groups excluding carboxylic acids is 1. The van der Waals surface area contributed by atoms with Gasteiger partial charge in [-0.2, -0.15) is 13.2 Å². The number of hydrogen-bond donors (Lipinski definition) is 1. The molecule has 6 heteroatoms. The maximum atomic E-state index is 12.5. The number of benzene rings is 1. The van der Waals surface area contributed by atoms with Crippen molar-refractivity contribution in [3.63, 3.8) is 0 Å². The molecule has 3 nitrogen and oxygen atoms in total. The number of carbonyl (C=O) groups is 1. The van der Waals surface area contributed by atoms with Gasteiger partial charge in [-0.15, -0.1) is 0 Å². The van der Waals surface area contributed by atoms with Crippen molar-refractivity contribution >= 4 is 5.91 Å². The molecule has 0 aromatic heterocycles. The minimum atomic E-state index is -4.35. The summed E-state index contributed by atoms with van der Waals surface area (Å²) in [5, 5.41) is 0. The van der Waals surface area contributed by atoms with Crippen LogP contribution in [0.4, 0.5) is 13.2 Å². The number of hydrogen-bond acceptors (Lipinski definition) is 2. The average molecular weight is 314 g/mol. The van der Waals surface area contributed by atoms with Crippen LogP contribution in [0.1, 0.15) is 30.9 Å². The van der Waals surface area contributed by atoms with E-state index in [1.54, 1.807) is 4.90 Å². The molecular formula is C16H21F3N2O. The first-order chi connectivity index (χ1) is 10.3. The molecule has 22 heavy (non-hydrogen) atoms. The molecular weight excluding hydrogens is 293 g/mol. The second kappa shape index (κ2) is 6.69. The fraction of sp³-hybridized carbons (Fsp3) is 0.562. The van der Waals surface area contributed by atoms with Gasteiger partial charge in [-0.1, -0.05) is 19.1 Å². The number of nitrogens with zero attached hydrogens (tertiary/aromatic N) is 1. The van der Waals surface area contributed by atoms with Gasteiger partial charge in [0, 0.05) is 19.1 Å². The Kier molecular flexibility index (Phi) is 5.11. The van der Waals surface area contributed by atoms with E-state index in [0.717, 1.165) is 25.0 Å². The molecule has 2 N–H and O–H groups in total. The Bertz CT molecular complexity index is 513. The Morgan fingerprint density at radius 2 is 1.95 bits per heavy atom. The van der Waals surface area contributed by atoms with Gasteiger partial charge in [-0.3, -0.25) is 4.79 Å². The minimum Gasteiger partial charge on any atom is -0.338 e. The van der Waals surface area contributed by atoms with Crippen LogP contribution in [-0.4, -0.2) is 29.9 Å². The predicted molar refractivity (Wildman–Crippen MR) is 78.1 cm³/mol. The summed E-state index contributed by atoms with van der Waals surface area (Å²) in [5.74, 6) is 0.289. The topological polar surface area (TPSA) is 46.3 Å². The molecule has 1 aliphatic rings. The van der Waals surface area contributed by atoms with Gasteiger partial charge in [0.15, 0.2) is 0 Å². The molecule has 2 unspecified atom stereocenters. The van der Waals surface area contributed by atoms with Crippen LogP contribution in [0.15, 0.2) is 24.3 Å². The summed E-state index contributed by atoms with van der Waals surface area (Å²) < 4.78 is 37.6. The molecule has 1 aromatic rings. The minimum absolute atomic E-state index is 0.0238. The van der Waals surface area contributed by atoms with Gasteiger partial charge in [-0.05, 0) is 36.5 Å². The lowest BCUT2D eigenvalue weighted by Crippen LogP contribution is -2.51. The fourth-order valence-corrected chi connectivity index (χ4v) is 3.01. The number of halogens is 3. The summed E-state index contributed by atoms with van der Waals surface area (Å²) in [6, 6.07) is 4.79. The van der Waals surface area contributed by atoms with Crippen molar-refractivity contribution < 1.29 is 18.0 Å². The lowest BCUT2D eigenvalue weighted by molar-refractivity contribution is -0.137. The molecule has 0 radical (unpaired) electrons. The molecule has 1 saturated heterocycles. The highest BCUT2D eigenvalue weighted by atomic mass is 19.4. The first-order valence-electron chi connectivity index (χ1n) is 7.48. The van der Waals surface area contributed by atoms with Gasteiger partial charge in [0.1, 0.15) is 0 Å². The number of likely N-dealkylation sites (tertiary alicyclic amines) is 1. The fourth-order valence-electron chi connectivity index (χ4n) is 3.01. The maximum absolute atomic E-state index is 12.5. The van der Waals surface area contributed by atoms with Crippen LogP contribution < -0.4 is 5.73 Å². The Hall–Kier alpha value is -1.56. The molecule has 0 bridgehead atoms. The second-order valence-corrected chi connectivity index (χ2v) is 5.88. The van der Waals surface area contributed by atoms with E-state index in [2.05, 4.69) is 6.92 Å². The largest absolute Gasteiger partial charge is 0.416 e. The quantitative estimate of drug-likeness (QED) is 0.932. The molecule has 1 aliphatic heterocycles. The molecule has 2 atom stereocenters. The van der Waals surface area contributed by atoms with Gasteiger partial charge in [0.25, 0.3) is 0 Å². The molecule has 1 fully saturated rings. The summed E-state index contributed by atoms with van der Waals surface area (Å²) >= 11 is 0. The highest BCUT2D eigenvalue weighted by Crippen LogP contribution is 2.29. The van der Waals surface area contributed by atoms with E-state index < -0.39 is 11.7 Å². The lowest BCUT2D eigenvalue weighted by Gasteiger charge is -2.39. The normalized spacial score (nSPS) is 22.7. The third-order valence-electron chi connectivity index (χ3n) is 4.31. The SMILES string of the molecule is CC1CCCN(C(=O)Cc2ccc(C(F)(F)F)cc2)C1CN. The van der Waals surface area contributed by atoms with Gasteiger partial charge in [0.2, 0.25) is 5.91 Å². The van der Waals surface area contributed by atoms with Crippen molar-refractivity contribution in [2.75, 3.05) is 13.1 Å². The Labute approximate surface area is 128 Å². The van der Waals surface area contributed by atoms with E-state index in [9.17, 15) is 18.0 Å². The van der Waals surface area contributed by atoms with Crippen molar-refractivity contribution in [2.24, 2.45) is 11.7 Å². The molecule has 1 heterocycles. The van der Waals surface area contributed by atoms with Crippen LogP contribution in [-0.2, 0) is 17.4 Å². The highest BCUT2D eigenvalue weighted by molar-refractivity contribution is 5.79. The maximum Gasteiger partial charge on any atom is 0.416 e. The number of rotatable bonds is 3. The van der Waals surface area contributed by atoms with E-state index in [1.165, 1.54) is 12.1 Å². The van der Waals surface area contributed by atoms with Crippen LogP contribution in [0.2, 0.25) is 0 Å². The van der Waals surface area contributed by atoms with E-state index in [0.29, 0.717) is 24.6 Å². The van der Waals surface area contributed by atoms with Crippen molar-refractivity contribution in [3.8, 4) is 0 Å². The van der Waals surface area contributed by atoms with E-state index in [-0.39, 0.29) is 18.4 Å². The molecule has 1 amide bonds. The Morgan fingerprint density at radius 3 is 2.50 bits per heavy atom. The summed E-state index contributed by atoms with van der Waals surface area (Å²) in [4.78, 5) is 14.2. The zero-order chi connectivity index (χ0) is 16.3. The zero-order valence-corrected chi connectivity index (χ0v) is 12.6. The van der Waals surface area contributed by atoms with E-state index in [4.69, 9.17) is 5.73 Å². The van der Waals surface area contributed by atoms with Crippen molar-refractivity contribution in [2.45, 2.75) is 38.4 Å². The molecule has 2 rings (SSSR count). The van der Waals surface area contributed by atoms with Gasteiger partial charge < -0.3 is 10.6 Å². The summed E-state index contributed by atoms with van der Waals surface area (Å²) in [7, 11) is 0. The van der Waals surface area contributed by atoms with Crippen LogP contribution >= 0.6 is 0 Å². The first-order valence-corrected chi connectivity index (χ1v) is 7.48. The summed E-state index contributed by atoms with van der Waals surface area (Å²) in [6.45, 7) is 3.17. The molecule has 0 spiro atoms. The second-order valence-electron chi connectivity index (χ2n) is 5.88. The van der Waals surface area contributed by atoms with Crippen LogP contribution in [0.5, 0.6) is 0 Å². The molecule has 122 valence electrons. The van der Waals surface area contributed by atoms with E-state index in [1.807, 2.05) is 0 Å². The summed E-state index contributed by atoms with van der Waals surface area (Å²) in [6.07, 6.45) is -2.25. The lowest BCUT2D eigenvalue weighted by atomic mass is 9.90. The van der Waals surface area contributed by atoms with Gasteiger partial charge in [-0.25, -0.2) is 0 Å². The van der Waals surface area contributed by atoms with Gasteiger partial charge in [0.05, 0.1) is 12.0 Å². The van der Waals surface area contributed by atoms with Crippen molar-refractivity contribution in [3.05, 3.63) is 35.4 Å². The smallest absolute Gasteiger partial charge is 0.338 e. The Morgan fingerprint density at radius 1 is 1.32 bits per heavy atom. The molecule has 0 aliphatic carbocycles. The summed E-state index contributed by atoms with van der Waals surface area (Å²) in [5.41, 5.74) is 5.65. The number of nitrogens with two attached hydrogens (primary N) is 1. The third kappa shape index (κ3) is 3.80. The predicted octanol–water partition coefficient (Wildman–Crippen LogP) is 2.83. The number of alkyl halides is 3. The van der Waals surface area contributed by atoms with Crippen LogP contribution in [0.3, 0.4) is 0 Å². The van der Waals surface area contributed by atoms with Crippen molar-refractivity contribution in [1.29, 1.82) is 0 Å². The van der Waals surface area contributed by atoms with Crippen LogP contribution in [0.25, 0.3) is 0 Å². The van der Waals surface area contributed by atoms with E-state index >= 15 is 0 Å². The number of piperidine rings is 1. The van der Waals surface area contributed by atoms with Crippen LogP contribution in [0, 0.1) is 5.92 Å². The highest BCUT2D eigenvalue weighted by Gasteiger charge is 2.32. The first kappa shape index (κ1) is 16.8. The standard InChI is InChI=1S/C16H21F3N2O/c1-11-3-2-8-21(14(11)10-20)15(22)9-12-4-6-13(7-5-12)16(17,18)19/h4-7,11,14H,2-3,8-10,20H2,1H3. The monoisotopic (exact) mass is 314 g/mol. The molecule has 0 saturated carbocycles.